The zero-order valence-corrected chi connectivity index (χ0v) is 13.6. The number of carbonyl (C=O) groups is 1. The van der Waals surface area contributed by atoms with Crippen molar-refractivity contribution in [1.29, 1.82) is 0 Å². The van der Waals surface area contributed by atoms with Crippen LogP contribution < -0.4 is 5.32 Å². The Hall–Kier alpha value is -0.770. The molecular weight excluding hydrogens is 307 g/mol. The molecule has 1 amide bonds. The molecule has 0 spiro atoms. The van der Waals surface area contributed by atoms with E-state index in [1.165, 1.54) is 0 Å². The van der Waals surface area contributed by atoms with Crippen LogP contribution in [0, 0.1) is 5.92 Å². The van der Waals surface area contributed by atoms with Crippen LogP contribution in [0.4, 0.5) is 0 Å². The Kier molecular flexibility index (Phi) is 4.43. The first-order chi connectivity index (χ1) is 10.1. The Morgan fingerprint density at radius 1 is 1.33 bits per heavy atom. The number of nitrogens with one attached hydrogen (secondary N) is 1. The van der Waals surface area contributed by atoms with Crippen molar-refractivity contribution in [2.45, 2.75) is 31.2 Å². The van der Waals surface area contributed by atoms with Crippen molar-refractivity contribution >= 4 is 29.1 Å². The van der Waals surface area contributed by atoms with Gasteiger partial charge in [0.25, 0.3) is 0 Å². The molecule has 1 saturated heterocycles. The lowest BCUT2D eigenvalue weighted by atomic mass is 10.0. The molecule has 1 N–H and O–H groups in total. The van der Waals surface area contributed by atoms with E-state index in [-0.39, 0.29) is 5.92 Å². The maximum absolute atomic E-state index is 12.6. The van der Waals surface area contributed by atoms with Gasteiger partial charge in [0, 0.05) is 25.0 Å². The van der Waals surface area contributed by atoms with E-state index >= 15 is 0 Å². The molecule has 5 heteroatoms. The molecule has 3 nitrogen and oxygen atoms in total. The second kappa shape index (κ2) is 6.15. The molecule has 21 heavy (non-hydrogen) atoms. The summed E-state index contributed by atoms with van der Waals surface area (Å²) >= 11 is 12.0. The zero-order chi connectivity index (χ0) is 15.0. The highest BCUT2D eigenvalue weighted by Crippen LogP contribution is 2.49. The number of amides is 1. The lowest BCUT2D eigenvalue weighted by Gasteiger charge is -2.32. The van der Waals surface area contributed by atoms with Crippen LogP contribution in [0.5, 0.6) is 0 Å². The third kappa shape index (κ3) is 3.20. The first-order valence-corrected chi connectivity index (χ1v) is 8.26. The molecule has 3 atom stereocenters. The van der Waals surface area contributed by atoms with Crippen LogP contribution in [0.15, 0.2) is 18.2 Å². The number of likely N-dealkylation sites (tertiary alicyclic amines) is 1. The average Bonchev–Trinajstić information content (AvgIpc) is 3.30. The van der Waals surface area contributed by atoms with E-state index in [1.807, 2.05) is 30.1 Å². The summed E-state index contributed by atoms with van der Waals surface area (Å²) in [4.78, 5) is 14.6. The predicted octanol–water partition coefficient (Wildman–Crippen LogP) is 3.31. The highest BCUT2D eigenvalue weighted by Gasteiger charge is 2.46. The zero-order valence-electron chi connectivity index (χ0n) is 12.1. The van der Waals surface area contributed by atoms with E-state index < -0.39 is 0 Å². The summed E-state index contributed by atoms with van der Waals surface area (Å²) in [5, 5.41) is 4.42. The van der Waals surface area contributed by atoms with Crippen molar-refractivity contribution in [3.63, 3.8) is 0 Å². The van der Waals surface area contributed by atoms with E-state index in [4.69, 9.17) is 23.2 Å². The summed E-state index contributed by atoms with van der Waals surface area (Å²) in [7, 11) is 1.97. The Bertz CT molecular complexity index is 549. The highest BCUT2D eigenvalue weighted by atomic mass is 35.5. The minimum atomic E-state index is 0.123. The maximum Gasteiger partial charge on any atom is 0.226 e. The van der Waals surface area contributed by atoms with Crippen LogP contribution in [-0.2, 0) is 4.79 Å². The van der Waals surface area contributed by atoms with Gasteiger partial charge in [-0.25, -0.2) is 0 Å². The molecule has 1 aromatic carbocycles. The summed E-state index contributed by atoms with van der Waals surface area (Å²) in [5.41, 5.74) is 1.13. The second-order valence-electron chi connectivity index (χ2n) is 6.03. The fourth-order valence-electron chi connectivity index (χ4n) is 3.23. The summed E-state index contributed by atoms with van der Waals surface area (Å²) < 4.78 is 0. The standard InChI is InChI=1S/C16H20Cl2N2O/c1-19-11-3-2-6-20(9-11)16(21)13-8-12(13)10-4-5-14(17)15(18)7-10/h4-5,7,11-13,19H,2-3,6,8-9H2,1H3/t11-,12+,13-/m1/s1. The Labute approximate surface area is 135 Å². The monoisotopic (exact) mass is 326 g/mol. The molecule has 1 aromatic rings. The Morgan fingerprint density at radius 3 is 2.86 bits per heavy atom. The minimum Gasteiger partial charge on any atom is -0.341 e. The van der Waals surface area contributed by atoms with Crippen molar-refractivity contribution in [1.82, 2.24) is 10.2 Å². The first kappa shape index (κ1) is 15.1. The van der Waals surface area contributed by atoms with Crippen molar-refractivity contribution in [2.75, 3.05) is 20.1 Å². The van der Waals surface area contributed by atoms with Gasteiger partial charge >= 0.3 is 0 Å². The van der Waals surface area contributed by atoms with Gasteiger partial charge in [-0.2, -0.15) is 0 Å². The third-order valence-corrected chi connectivity index (χ3v) is 5.36. The van der Waals surface area contributed by atoms with Crippen LogP contribution >= 0.6 is 23.2 Å². The molecule has 1 saturated carbocycles. The molecule has 1 aliphatic heterocycles. The fourth-order valence-corrected chi connectivity index (χ4v) is 3.53. The number of nitrogens with zero attached hydrogens (tertiary/aromatic N) is 1. The lowest BCUT2D eigenvalue weighted by Crippen LogP contribution is -2.47. The number of piperidine rings is 1. The molecule has 1 heterocycles. The van der Waals surface area contributed by atoms with Gasteiger partial charge in [-0.3, -0.25) is 4.79 Å². The van der Waals surface area contributed by atoms with Crippen LogP contribution in [0.25, 0.3) is 0 Å². The van der Waals surface area contributed by atoms with Gasteiger partial charge in [0.2, 0.25) is 5.91 Å². The molecule has 0 aromatic heterocycles. The van der Waals surface area contributed by atoms with E-state index in [2.05, 4.69) is 5.32 Å². The second-order valence-corrected chi connectivity index (χ2v) is 6.85. The van der Waals surface area contributed by atoms with Crippen LogP contribution in [0.1, 0.15) is 30.7 Å². The van der Waals surface area contributed by atoms with Crippen LogP contribution in [0.2, 0.25) is 10.0 Å². The van der Waals surface area contributed by atoms with Gasteiger partial charge < -0.3 is 10.2 Å². The molecule has 0 unspecified atom stereocenters. The SMILES string of the molecule is CN[C@@H]1CCCN(C(=O)[C@@H]2C[C@H]2c2ccc(Cl)c(Cl)c2)C1. The number of rotatable bonds is 3. The maximum atomic E-state index is 12.6. The number of halogens is 2. The van der Waals surface area contributed by atoms with E-state index in [0.717, 1.165) is 37.9 Å². The molecule has 3 rings (SSSR count). The van der Waals surface area contributed by atoms with Crippen LogP contribution in [-0.4, -0.2) is 37.0 Å². The predicted molar refractivity (Wildman–Crippen MR) is 86.0 cm³/mol. The van der Waals surface area contributed by atoms with E-state index in [0.29, 0.717) is 27.9 Å². The Morgan fingerprint density at radius 2 is 2.14 bits per heavy atom. The quantitative estimate of drug-likeness (QED) is 0.924. The van der Waals surface area contributed by atoms with Crippen molar-refractivity contribution in [2.24, 2.45) is 5.92 Å². The molecule has 0 bridgehead atoms. The molecule has 114 valence electrons. The lowest BCUT2D eigenvalue weighted by molar-refractivity contribution is -0.134. The summed E-state index contributed by atoms with van der Waals surface area (Å²) in [6.45, 7) is 1.72. The minimum absolute atomic E-state index is 0.123. The highest BCUT2D eigenvalue weighted by molar-refractivity contribution is 6.42. The Balaban J connectivity index is 1.64. The average molecular weight is 327 g/mol. The van der Waals surface area contributed by atoms with Crippen molar-refractivity contribution < 1.29 is 4.79 Å². The summed E-state index contributed by atoms with van der Waals surface area (Å²) in [6, 6.07) is 6.13. The van der Waals surface area contributed by atoms with E-state index in [1.54, 1.807) is 0 Å². The first-order valence-electron chi connectivity index (χ1n) is 7.51. The molecule has 0 radical (unpaired) electrons. The largest absolute Gasteiger partial charge is 0.341 e. The van der Waals surface area contributed by atoms with E-state index in [9.17, 15) is 4.79 Å². The van der Waals surface area contributed by atoms with Gasteiger partial charge in [-0.05, 0) is 49.9 Å². The molecule has 2 aliphatic rings. The van der Waals surface area contributed by atoms with Gasteiger partial charge in [-0.1, -0.05) is 29.3 Å². The molecule has 2 fully saturated rings. The fraction of sp³-hybridized carbons (Fsp3) is 0.562. The normalized spacial score (nSPS) is 28.5. The number of benzene rings is 1. The third-order valence-electron chi connectivity index (χ3n) is 4.62. The molecule has 1 aliphatic carbocycles. The van der Waals surface area contributed by atoms with Gasteiger partial charge in [0.15, 0.2) is 0 Å². The van der Waals surface area contributed by atoms with Gasteiger partial charge in [-0.15, -0.1) is 0 Å². The number of hydrogen-bond donors (Lipinski definition) is 1. The van der Waals surface area contributed by atoms with Crippen LogP contribution in [0.3, 0.4) is 0 Å². The topological polar surface area (TPSA) is 32.3 Å². The van der Waals surface area contributed by atoms with Gasteiger partial charge in [0.1, 0.15) is 0 Å². The smallest absolute Gasteiger partial charge is 0.226 e. The number of carbonyl (C=O) groups excluding carboxylic acids is 1. The molecular formula is C16H20Cl2N2O. The van der Waals surface area contributed by atoms with Crippen molar-refractivity contribution in [3.05, 3.63) is 33.8 Å². The summed E-state index contributed by atoms with van der Waals surface area (Å²) in [5.74, 6) is 0.728. The number of likely N-dealkylation sites (N-methyl/N-ethyl adjacent to an activating group) is 1. The van der Waals surface area contributed by atoms with Crippen molar-refractivity contribution in [3.8, 4) is 0 Å². The van der Waals surface area contributed by atoms with Gasteiger partial charge in [0.05, 0.1) is 10.0 Å². The number of hydrogen-bond acceptors (Lipinski definition) is 2. The summed E-state index contributed by atoms with van der Waals surface area (Å²) in [6.07, 6.45) is 3.17.